The van der Waals surface area contributed by atoms with Gasteiger partial charge in [0.05, 0.1) is 11.9 Å². The van der Waals surface area contributed by atoms with Gasteiger partial charge in [-0.1, -0.05) is 85.5 Å². The van der Waals surface area contributed by atoms with Gasteiger partial charge in [0.25, 0.3) is 0 Å². The standard InChI is InChI=1S/C32H38ClN3O4S/c1-24-11-9-10-14-26(24)22-35(31(37)23-36(41(2,39)40)29-19-17-27(33)18-20-29)30(21-25-12-5-3-6-13-25)32(38)34-28-15-7-4-8-16-28/h3,5-6,9-14,17-20,28,30H,4,7-8,15-16,21-23H2,1-2H3,(H,34,38)/t30-/m0/s1. The number of halogens is 1. The van der Waals surface area contributed by atoms with E-state index in [1.54, 1.807) is 29.2 Å². The second kappa shape index (κ2) is 14.0. The quantitative estimate of drug-likeness (QED) is 0.317. The van der Waals surface area contributed by atoms with E-state index in [-0.39, 0.29) is 18.5 Å². The van der Waals surface area contributed by atoms with Gasteiger partial charge in [-0.25, -0.2) is 8.42 Å². The summed E-state index contributed by atoms with van der Waals surface area (Å²) < 4.78 is 26.8. The molecule has 4 rings (SSSR count). The highest BCUT2D eigenvalue weighted by molar-refractivity contribution is 7.92. The molecule has 7 nitrogen and oxygen atoms in total. The zero-order valence-corrected chi connectivity index (χ0v) is 25.2. The summed E-state index contributed by atoms with van der Waals surface area (Å²) in [5.41, 5.74) is 3.11. The van der Waals surface area contributed by atoms with Crippen LogP contribution in [0.15, 0.2) is 78.9 Å². The van der Waals surface area contributed by atoms with Crippen LogP contribution in [0.1, 0.15) is 48.8 Å². The third-order valence-corrected chi connectivity index (χ3v) is 9.01. The zero-order valence-electron chi connectivity index (χ0n) is 23.6. The van der Waals surface area contributed by atoms with Gasteiger partial charge in [-0.05, 0) is 60.7 Å². The molecule has 1 aliphatic carbocycles. The maximum atomic E-state index is 14.2. The van der Waals surface area contributed by atoms with Crippen LogP contribution in [0.3, 0.4) is 0 Å². The van der Waals surface area contributed by atoms with E-state index in [0.717, 1.165) is 59.4 Å². The molecule has 0 bridgehead atoms. The van der Waals surface area contributed by atoms with E-state index >= 15 is 0 Å². The summed E-state index contributed by atoms with van der Waals surface area (Å²) in [4.78, 5) is 29.7. The maximum absolute atomic E-state index is 14.2. The summed E-state index contributed by atoms with van der Waals surface area (Å²) in [6.45, 7) is 1.68. The Hall–Kier alpha value is -3.36. The van der Waals surface area contributed by atoms with Crippen molar-refractivity contribution in [1.29, 1.82) is 0 Å². The van der Waals surface area contributed by atoms with Crippen LogP contribution >= 0.6 is 11.6 Å². The molecule has 41 heavy (non-hydrogen) atoms. The average molecular weight is 596 g/mol. The summed E-state index contributed by atoms with van der Waals surface area (Å²) >= 11 is 6.04. The van der Waals surface area contributed by atoms with E-state index < -0.39 is 28.5 Å². The predicted octanol–water partition coefficient (Wildman–Crippen LogP) is 5.50. The lowest BCUT2D eigenvalue weighted by Gasteiger charge is -2.35. The fourth-order valence-corrected chi connectivity index (χ4v) is 6.27. The fourth-order valence-electron chi connectivity index (χ4n) is 5.29. The Morgan fingerprint density at radius 3 is 2.20 bits per heavy atom. The van der Waals surface area contributed by atoms with Gasteiger partial charge in [-0.3, -0.25) is 13.9 Å². The average Bonchev–Trinajstić information content (AvgIpc) is 2.95. The molecule has 0 heterocycles. The molecular weight excluding hydrogens is 558 g/mol. The Bertz CT molecular complexity index is 1420. The normalized spacial score (nSPS) is 14.7. The Morgan fingerprint density at radius 1 is 0.927 bits per heavy atom. The van der Waals surface area contributed by atoms with Crippen LogP contribution in [0.5, 0.6) is 0 Å². The lowest BCUT2D eigenvalue weighted by molar-refractivity contribution is -0.140. The van der Waals surface area contributed by atoms with E-state index in [4.69, 9.17) is 11.6 Å². The smallest absolute Gasteiger partial charge is 0.244 e. The van der Waals surface area contributed by atoms with Gasteiger partial charge in [0.2, 0.25) is 21.8 Å². The van der Waals surface area contributed by atoms with Crippen LogP contribution in [-0.4, -0.2) is 50.0 Å². The predicted molar refractivity (Wildman–Crippen MR) is 164 cm³/mol. The molecule has 9 heteroatoms. The van der Waals surface area contributed by atoms with Crippen molar-refractivity contribution in [3.8, 4) is 0 Å². The lowest BCUT2D eigenvalue weighted by atomic mass is 9.94. The number of amides is 2. The van der Waals surface area contributed by atoms with Crippen molar-refractivity contribution < 1.29 is 18.0 Å². The van der Waals surface area contributed by atoms with Crippen molar-refractivity contribution in [3.05, 3.63) is 101 Å². The van der Waals surface area contributed by atoms with Crippen molar-refractivity contribution in [1.82, 2.24) is 10.2 Å². The van der Waals surface area contributed by atoms with Gasteiger partial charge < -0.3 is 10.2 Å². The Balaban J connectivity index is 1.72. The van der Waals surface area contributed by atoms with Crippen LogP contribution in [-0.2, 0) is 32.6 Å². The van der Waals surface area contributed by atoms with Gasteiger partial charge in [0.15, 0.2) is 0 Å². The molecule has 3 aromatic carbocycles. The number of carbonyl (C=O) groups excluding carboxylic acids is 2. The van der Waals surface area contributed by atoms with E-state index in [1.165, 1.54) is 0 Å². The highest BCUT2D eigenvalue weighted by atomic mass is 35.5. The van der Waals surface area contributed by atoms with E-state index in [9.17, 15) is 18.0 Å². The summed E-state index contributed by atoms with van der Waals surface area (Å²) in [6.07, 6.45) is 6.47. The van der Waals surface area contributed by atoms with Crippen LogP contribution in [0, 0.1) is 6.92 Å². The largest absolute Gasteiger partial charge is 0.352 e. The summed E-state index contributed by atoms with van der Waals surface area (Å²) in [7, 11) is -3.83. The van der Waals surface area contributed by atoms with Gasteiger partial charge in [0, 0.05) is 24.0 Å². The van der Waals surface area contributed by atoms with Gasteiger partial charge >= 0.3 is 0 Å². The molecular formula is C32H38ClN3O4S. The summed E-state index contributed by atoms with van der Waals surface area (Å²) in [5.74, 6) is -0.687. The fraction of sp³-hybridized carbons (Fsp3) is 0.375. The number of carbonyl (C=O) groups is 2. The SMILES string of the molecule is Cc1ccccc1CN(C(=O)CN(c1ccc(Cl)cc1)S(C)(=O)=O)[C@@H](Cc1ccccc1)C(=O)NC1CCCCC1. The number of benzene rings is 3. The highest BCUT2D eigenvalue weighted by Gasteiger charge is 2.34. The number of hydrogen-bond donors (Lipinski definition) is 1. The number of nitrogens with one attached hydrogen (secondary N) is 1. The number of sulfonamides is 1. The molecule has 0 aromatic heterocycles. The van der Waals surface area contributed by atoms with E-state index in [0.29, 0.717) is 17.1 Å². The maximum Gasteiger partial charge on any atom is 0.244 e. The van der Waals surface area contributed by atoms with Gasteiger partial charge in [0.1, 0.15) is 12.6 Å². The molecule has 1 aliphatic rings. The molecule has 1 N–H and O–H groups in total. The lowest BCUT2D eigenvalue weighted by Crippen LogP contribution is -2.55. The van der Waals surface area contributed by atoms with Crippen molar-refractivity contribution in [2.45, 2.75) is 64.1 Å². The van der Waals surface area contributed by atoms with Crippen LogP contribution < -0.4 is 9.62 Å². The van der Waals surface area contributed by atoms with Crippen molar-refractivity contribution in [3.63, 3.8) is 0 Å². The van der Waals surface area contributed by atoms with Crippen LogP contribution in [0.4, 0.5) is 5.69 Å². The third-order valence-electron chi connectivity index (χ3n) is 7.62. The van der Waals surface area contributed by atoms with Crippen LogP contribution in [0.2, 0.25) is 5.02 Å². The Kier molecular flexibility index (Phi) is 10.5. The highest BCUT2D eigenvalue weighted by Crippen LogP contribution is 2.24. The van der Waals surface area contributed by atoms with Crippen molar-refractivity contribution in [2.24, 2.45) is 0 Å². The second-order valence-corrected chi connectivity index (χ2v) is 13.1. The molecule has 0 spiro atoms. The minimum absolute atomic E-state index is 0.0616. The monoisotopic (exact) mass is 595 g/mol. The van der Waals surface area contributed by atoms with Crippen LogP contribution in [0.25, 0.3) is 0 Å². The molecule has 0 radical (unpaired) electrons. The van der Waals surface area contributed by atoms with Gasteiger partial charge in [-0.2, -0.15) is 0 Å². The topological polar surface area (TPSA) is 86.8 Å². The summed E-state index contributed by atoms with van der Waals surface area (Å²) in [6, 6.07) is 22.9. The zero-order chi connectivity index (χ0) is 29.4. The molecule has 0 saturated heterocycles. The number of anilines is 1. The Labute approximate surface area is 248 Å². The van der Waals surface area contributed by atoms with E-state index in [1.807, 2.05) is 61.5 Å². The first-order valence-corrected chi connectivity index (χ1v) is 16.3. The first-order valence-electron chi connectivity index (χ1n) is 14.0. The number of nitrogens with zero attached hydrogens (tertiary/aromatic N) is 2. The minimum atomic E-state index is -3.83. The first kappa shape index (κ1) is 30.6. The molecule has 0 aliphatic heterocycles. The number of hydrogen-bond acceptors (Lipinski definition) is 4. The van der Waals surface area contributed by atoms with E-state index in [2.05, 4.69) is 5.32 Å². The van der Waals surface area contributed by atoms with Crippen molar-refractivity contribution in [2.75, 3.05) is 17.1 Å². The molecule has 2 amide bonds. The number of aryl methyl sites for hydroxylation is 1. The second-order valence-electron chi connectivity index (χ2n) is 10.7. The summed E-state index contributed by atoms with van der Waals surface area (Å²) in [5, 5.41) is 3.67. The molecule has 1 saturated carbocycles. The minimum Gasteiger partial charge on any atom is -0.352 e. The third kappa shape index (κ3) is 8.57. The van der Waals surface area contributed by atoms with Gasteiger partial charge in [-0.15, -0.1) is 0 Å². The first-order chi connectivity index (χ1) is 19.6. The Morgan fingerprint density at radius 2 is 1.56 bits per heavy atom. The molecule has 1 atom stereocenters. The molecule has 0 unspecified atom stereocenters. The number of rotatable bonds is 11. The van der Waals surface area contributed by atoms with Crippen molar-refractivity contribution >= 4 is 39.1 Å². The molecule has 218 valence electrons. The molecule has 1 fully saturated rings. The molecule has 3 aromatic rings.